The smallest absolute Gasteiger partial charge is 0.00448 e. The summed E-state index contributed by atoms with van der Waals surface area (Å²) in [4.78, 5) is 2.77. The molecule has 0 unspecified atom stereocenters. The Hall–Kier alpha value is -1.60. The van der Waals surface area contributed by atoms with Crippen LogP contribution in [0, 0.1) is 11.3 Å². The zero-order valence-electron chi connectivity index (χ0n) is 14.5. The summed E-state index contributed by atoms with van der Waals surface area (Å²) in [5.41, 5.74) is 5.39. The van der Waals surface area contributed by atoms with Crippen LogP contribution in [0.15, 0.2) is 54.6 Å². The van der Waals surface area contributed by atoms with Crippen LogP contribution >= 0.6 is 0 Å². The van der Waals surface area contributed by atoms with E-state index in [-0.39, 0.29) is 0 Å². The van der Waals surface area contributed by atoms with Crippen LogP contribution in [0.3, 0.4) is 0 Å². The van der Waals surface area contributed by atoms with Crippen LogP contribution in [-0.4, -0.2) is 24.5 Å². The van der Waals surface area contributed by atoms with Crippen LogP contribution in [0.1, 0.15) is 41.9 Å². The summed E-state index contributed by atoms with van der Waals surface area (Å²) in [6.07, 6.45) is 6.82. The Balaban J connectivity index is 1.34. The highest BCUT2D eigenvalue weighted by atomic mass is 15.2. The van der Waals surface area contributed by atoms with E-state index >= 15 is 0 Å². The normalized spacial score (nSPS) is 31.5. The Morgan fingerprint density at radius 3 is 2.71 bits per heavy atom. The van der Waals surface area contributed by atoms with Crippen molar-refractivity contribution in [2.75, 3.05) is 19.6 Å². The van der Waals surface area contributed by atoms with Gasteiger partial charge in [0.25, 0.3) is 0 Å². The van der Waals surface area contributed by atoms with Gasteiger partial charge in [-0.05, 0) is 66.0 Å². The first-order valence-corrected chi connectivity index (χ1v) is 9.66. The van der Waals surface area contributed by atoms with E-state index in [4.69, 9.17) is 0 Å². The van der Waals surface area contributed by atoms with Crippen molar-refractivity contribution < 1.29 is 0 Å². The molecule has 124 valence electrons. The summed E-state index contributed by atoms with van der Waals surface area (Å²) in [6, 6.07) is 20.3. The minimum atomic E-state index is 0.577. The lowest BCUT2D eigenvalue weighted by Gasteiger charge is -2.47. The van der Waals surface area contributed by atoms with E-state index in [0.29, 0.717) is 5.41 Å². The average molecular weight is 317 g/mol. The summed E-state index contributed by atoms with van der Waals surface area (Å²) in [6.45, 7) is 3.89. The lowest BCUT2D eigenvalue weighted by atomic mass is 9.57. The number of rotatable bonds is 3. The Bertz CT molecular complexity index is 722. The standard InChI is InChI=1S/C23H27N/c1-2-6-18(7-3-1)12-13-24-16-21-11-10-20-15-23(21,17-24)14-19-8-4-5-9-22(19)20/h1-9,20-21H,10-17H2/t20-,21+,23-/m1/s1. The van der Waals surface area contributed by atoms with Crippen molar-refractivity contribution in [2.45, 2.75) is 38.0 Å². The Morgan fingerprint density at radius 2 is 1.79 bits per heavy atom. The maximum Gasteiger partial charge on any atom is 0.00448 e. The fourth-order valence-electron chi connectivity index (χ4n) is 5.88. The Morgan fingerprint density at radius 1 is 0.958 bits per heavy atom. The van der Waals surface area contributed by atoms with E-state index in [1.54, 1.807) is 11.1 Å². The highest BCUT2D eigenvalue weighted by Gasteiger charge is 2.52. The second-order valence-electron chi connectivity index (χ2n) is 8.38. The predicted molar refractivity (Wildman–Crippen MR) is 99.2 cm³/mol. The van der Waals surface area contributed by atoms with E-state index in [1.807, 2.05) is 0 Å². The summed E-state index contributed by atoms with van der Waals surface area (Å²) in [5.74, 6) is 1.76. The van der Waals surface area contributed by atoms with E-state index in [0.717, 1.165) is 11.8 Å². The van der Waals surface area contributed by atoms with Gasteiger partial charge in [-0.25, -0.2) is 0 Å². The van der Waals surface area contributed by atoms with Crippen molar-refractivity contribution in [3.05, 3.63) is 71.3 Å². The van der Waals surface area contributed by atoms with Crippen molar-refractivity contribution >= 4 is 0 Å². The van der Waals surface area contributed by atoms with Crippen LogP contribution in [-0.2, 0) is 12.8 Å². The van der Waals surface area contributed by atoms with Crippen molar-refractivity contribution in [3.63, 3.8) is 0 Å². The molecule has 1 nitrogen and oxygen atoms in total. The second-order valence-corrected chi connectivity index (χ2v) is 8.38. The number of hydrogen-bond acceptors (Lipinski definition) is 1. The summed E-state index contributed by atoms with van der Waals surface area (Å²) in [5, 5.41) is 0. The fourth-order valence-corrected chi connectivity index (χ4v) is 5.88. The van der Waals surface area contributed by atoms with E-state index < -0.39 is 0 Å². The summed E-state index contributed by atoms with van der Waals surface area (Å²) in [7, 11) is 0. The van der Waals surface area contributed by atoms with E-state index in [9.17, 15) is 0 Å². The topological polar surface area (TPSA) is 3.24 Å². The van der Waals surface area contributed by atoms with Gasteiger partial charge in [0.2, 0.25) is 0 Å². The molecular formula is C23H27N. The van der Waals surface area contributed by atoms with Crippen LogP contribution in [0.25, 0.3) is 0 Å². The SMILES string of the molecule is c1ccc(CCN2C[C@@H]3CC[C@@H]4C[C@]3(Cc3ccccc34)C2)cc1. The van der Waals surface area contributed by atoms with Gasteiger partial charge in [-0.1, -0.05) is 54.6 Å². The molecule has 2 bridgehead atoms. The molecule has 1 spiro atoms. The predicted octanol–water partition coefficient (Wildman–Crippen LogP) is 4.67. The summed E-state index contributed by atoms with van der Waals surface area (Å²) < 4.78 is 0. The Kier molecular flexibility index (Phi) is 3.52. The quantitative estimate of drug-likeness (QED) is 0.795. The molecule has 0 aromatic heterocycles. The van der Waals surface area contributed by atoms with Gasteiger partial charge in [0.15, 0.2) is 0 Å². The number of nitrogens with zero attached hydrogens (tertiary/aromatic N) is 1. The summed E-state index contributed by atoms with van der Waals surface area (Å²) >= 11 is 0. The molecule has 3 atom stereocenters. The number of hydrogen-bond donors (Lipinski definition) is 0. The maximum atomic E-state index is 2.77. The van der Waals surface area contributed by atoms with Gasteiger partial charge in [-0.15, -0.1) is 0 Å². The van der Waals surface area contributed by atoms with Gasteiger partial charge in [0.05, 0.1) is 0 Å². The number of fused-ring (bicyclic) bond motifs is 3. The average Bonchev–Trinajstić information content (AvgIpc) is 2.97. The number of likely N-dealkylation sites (tertiary alicyclic amines) is 1. The third kappa shape index (κ3) is 2.41. The molecule has 1 aliphatic heterocycles. The second kappa shape index (κ2) is 5.74. The first-order chi connectivity index (χ1) is 11.8. The zero-order valence-corrected chi connectivity index (χ0v) is 14.5. The molecule has 1 heterocycles. The molecular weight excluding hydrogens is 290 g/mol. The number of benzene rings is 2. The highest BCUT2D eigenvalue weighted by molar-refractivity contribution is 5.36. The minimum Gasteiger partial charge on any atom is -0.302 e. The van der Waals surface area contributed by atoms with Gasteiger partial charge in [0.1, 0.15) is 0 Å². The molecule has 2 aromatic rings. The van der Waals surface area contributed by atoms with Gasteiger partial charge in [-0.2, -0.15) is 0 Å². The van der Waals surface area contributed by atoms with Crippen molar-refractivity contribution in [3.8, 4) is 0 Å². The molecule has 1 heteroatoms. The molecule has 1 saturated heterocycles. The largest absolute Gasteiger partial charge is 0.302 e. The molecule has 0 radical (unpaired) electrons. The molecule has 3 aliphatic rings. The first kappa shape index (κ1) is 14.7. The van der Waals surface area contributed by atoms with Gasteiger partial charge < -0.3 is 4.90 Å². The third-order valence-corrected chi connectivity index (χ3v) is 7.00. The van der Waals surface area contributed by atoms with Gasteiger partial charge in [0, 0.05) is 19.6 Å². The monoisotopic (exact) mass is 317 g/mol. The Labute approximate surface area is 145 Å². The molecule has 2 aromatic carbocycles. The van der Waals surface area contributed by atoms with Crippen LogP contribution in [0.4, 0.5) is 0 Å². The van der Waals surface area contributed by atoms with E-state index in [1.165, 1.54) is 57.3 Å². The van der Waals surface area contributed by atoms with Crippen LogP contribution in [0.5, 0.6) is 0 Å². The van der Waals surface area contributed by atoms with Crippen LogP contribution < -0.4 is 0 Å². The molecule has 24 heavy (non-hydrogen) atoms. The highest BCUT2D eigenvalue weighted by Crippen LogP contribution is 2.56. The van der Waals surface area contributed by atoms with Crippen LogP contribution in [0.2, 0.25) is 0 Å². The lowest BCUT2D eigenvalue weighted by molar-refractivity contribution is 0.114. The lowest BCUT2D eigenvalue weighted by Crippen LogP contribution is -2.41. The maximum absolute atomic E-state index is 2.77. The molecule has 2 fully saturated rings. The molecule has 0 N–H and O–H groups in total. The van der Waals surface area contributed by atoms with Crippen molar-refractivity contribution in [1.29, 1.82) is 0 Å². The first-order valence-electron chi connectivity index (χ1n) is 9.66. The fraction of sp³-hybridized carbons (Fsp3) is 0.478. The third-order valence-electron chi connectivity index (χ3n) is 7.00. The molecule has 1 saturated carbocycles. The molecule has 5 rings (SSSR count). The van der Waals surface area contributed by atoms with Crippen molar-refractivity contribution in [1.82, 2.24) is 4.90 Å². The zero-order chi connectivity index (χ0) is 16.0. The molecule has 0 amide bonds. The van der Waals surface area contributed by atoms with E-state index in [2.05, 4.69) is 59.5 Å². The molecule has 2 aliphatic carbocycles. The van der Waals surface area contributed by atoms with Gasteiger partial charge in [-0.3, -0.25) is 0 Å². The minimum absolute atomic E-state index is 0.577. The van der Waals surface area contributed by atoms with Gasteiger partial charge >= 0.3 is 0 Å². The van der Waals surface area contributed by atoms with Crippen molar-refractivity contribution in [2.24, 2.45) is 11.3 Å².